The van der Waals surface area contributed by atoms with Crippen LogP contribution >= 0.6 is 0 Å². The van der Waals surface area contributed by atoms with E-state index in [1.54, 1.807) is 25.7 Å². The number of ether oxygens (including phenoxy) is 1. The predicted octanol–water partition coefficient (Wildman–Crippen LogP) is 3.41. The number of nitrogens with zero attached hydrogens (tertiary/aromatic N) is 3. The molecule has 5 N–H and O–H groups in total. The molecule has 0 saturated heterocycles. The van der Waals surface area contributed by atoms with Crippen molar-refractivity contribution in [2.24, 2.45) is 17.4 Å². The molecule has 0 spiro atoms. The number of hydrogen-bond acceptors (Lipinski definition) is 7. The van der Waals surface area contributed by atoms with Gasteiger partial charge in [-0.2, -0.15) is 0 Å². The normalized spacial score (nSPS) is 12.4. The van der Waals surface area contributed by atoms with Gasteiger partial charge >= 0.3 is 0 Å². The molecule has 0 radical (unpaired) electrons. The van der Waals surface area contributed by atoms with Crippen LogP contribution in [0.15, 0.2) is 66.4 Å². The lowest BCUT2D eigenvalue weighted by Gasteiger charge is -2.11. The molecule has 144 valence electrons. The topological polar surface area (TPSA) is 112 Å². The standard InChI is InChI=1S/C21H24N6O/c1-13(2)14(11-22)10-19(23)27-20-7-6-17-18(26-20)9-15(12-25-17)16-5-4-8-24-21(16)28-3/h4-13H,22-23H2,1-3H3,(H,26,27)/b14-11+,19-10+. The van der Waals surface area contributed by atoms with Gasteiger partial charge in [-0.25, -0.2) is 9.97 Å². The summed E-state index contributed by atoms with van der Waals surface area (Å²) in [4.78, 5) is 13.4. The second-order valence-electron chi connectivity index (χ2n) is 6.57. The third-order valence-electron chi connectivity index (χ3n) is 4.27. The number of pyridine rings is 3. The minimum Gasteiger partial charge on any atom is -0.481 e. The van der Waals surface area contributed by atoms with Gasteiger partial charge in [0.15, 0.2) is 0 Å². The monoisotopic (exact) mass is 376 g/mol. The van der Waals surface area contributed by atoms with Gasteiger partial charge in [0, 0.05) is 23.5 Å². The van der Waals surface area contributed by atoms with Crippen molar-refractivity contribution < 1.29 is 4.74 Å². The Balaban J connectivity index is 1.94. The van der Waals surface area contributed by atoms with Crippen LogP contribution < -0.4 is 21.5 Å². The number of aromatic nitrogens is 3. The maximum absolute atomic E-state index is 6.10. The Morgan fingerprint density at radius 3 is 2.71 bits per heavy atom. The highest BCUT2D eigenvalue weighted by atomic mass is 16.5. The van der Waals surface area contributed by atoms with E-state index in [1.165, 1.54) is 0 Å². The fourth-order valence-corrected chi connectivity index (χ4v) is 2.77. The summed E-state index contributed by atoms with van der Waals surface area (Å²) in [7, 11) is 1.59. The van der Waals surface area contributed by atoms with E-state index in [0.29, 0.717) is 17.5 Å². The summed E-state index contributed by atoms with van der Waals surface area (Å²) in [6.07, 6.45) is 6.84. The molecule has 0 amide bonds. The van der Waals surface area contributed by atoms with E-state index < -0.39 is 0 Å². The van der Waals surface area contributed by atoms with Gasteiger partial charge in [-0.1, -0.05) is 13.8 Å². The van der Waals surface area contributed by atoms with Crippen molar-refractivity contribution in [1.82, 2.24) is 15.0 Å². The second-order valence-corrected chi connectivity index (χ2v) is 6.57. The maximum Gasteiger partial charge on any atom is 0.221 e. The lowest BCUT2D eigenvalue weighted by Crippen LogP contribution is -2.11. The van der Waals surface area contributed by atoms with Crippen LogP contribution in [0.1, 0.15) is 13.8 Å². The van der Waals surface area contributed by atoms with E-state index in [-0.39, 0.29) is 5.92 Å². The summed E-state index contributed by atoms with van der Waals surface area (Å²) >= 11 is 0. The van der Waals surface area contributed by atoms with Gasteiger partial charge in [0.2, 0.25) is 5.88 Å². The minimum atomic E-state index is 0.274. The fourth-order valence-electron chi connectivity index (χ4n) is 2.77. The molecule has 0 unspecified atom stereocenters. The quantitative estimate of drug-likeness (QED) is 0.565. The molecule has 7 nitrogen and oxygen atoms in total. The van der Waals surface area contributed by atoms with Crippen LogP contribution in [0.4, 0.5) is 5.82 Å². The van der Waals surface area contributed by atoms with Crippen LogP contribution in [0.2, 0.25) is 0 Å². The van der Waals surface area contributed by atoms with Crippen molar-refractivity contribution >= 4 is 16.9 Å². The summed E-state index contributed by atoms with van der Waals surface area (Å²) in [5.74, 6) is 1.91. The number of nitrogens with two attached hydrogens (primary N) is 2. The number of allylic oxidation sites excluding steroid dienone is 2. The molecular formula is C21H24N6O. The third-order valence-corrected chi connectivity index (χ3v) is 4.27. The number of nitrogens with one attached hydrogen (secondary N) is 1. The van der Waals surface area contributed by atoms with Gasteiger partial charge in [-0.05, 0) is 54.1 Å². The van der Waals surface area contributed by atoms with Gasteiger partial charge < -0.3 is 21.5 Å². The van der Waals surface area contributed by atoms with E-state index in [2.05, 4.69) is 34.1 Å². The summed E-state index contributed by atoms with van der Waals surface area (Å²) in [5, 5.41) is 3.10. The first kappa shape index (κ1) is 19.2. The molecule has 28 heavy (non-hydrogen) atoms. The molecule has 0 aliphatic rings. The second kappa shape index (κ2) is 8.39. The van der Waals surface area contributed by atoms with E-state index in [1.807, 2.05) is 36.4 Å². The fraction of sp³-hybridized carbons (Fsp3) is 0.190. The molecule has 0 atom stereocenters. The molecule has 3 aromatic heterocycles. The van der Waals surface area contributed by atoms with Crippen LogP contribution in [-0.2, 0) is 0 Å². The summed E-state index contributed by atoms with van der Waals surface area (Å²) in [5.41, 5.74) is 15.9. The Morgan fingerprint density at radius 1 is 1.18 bits per heavy atom. The van der Waals surface area contributed by atoms with E-state index >= 15 is 0 Å². The van der Waals surface area contributed by atoms with Crippen LogP contribution in [0.25, 0.3) is 22.2 Å². The lowest BCUT2D eigenvalue weighted by molar-refractivity contribution is 0.399. The number of anilines is 1. The Hall–Kier alpha value is -3.61. The first-order chi connectivity index (χ1) is 13.5. The van der Waals surface area contributed by atoms with Crippen molar-refractivity contribution in [3.05, 3.63) is 66.4 Å². The van der Waals surface area contributed by atoms with Gasteiger partial charge in [-0.3, -0.25) is 4.98 Å². The van der Waals surface area contributed by atoms with E-state index in [4.69, 9.17) is 16.2 Å². The molecule has 3 aromatic rings. The highest BCUT2D eigenvalue weighted by molar-refractivity contribution is 5.82. The van der Waals surface area contributed by atoms with Crippen LogP contribution in [-0.4, -0.2) is 22.1 Å². The summed E-state index contributed by atoms with van der Waals surface area (Å²) < 4.78 is 5.34. The van der Waals surface area contributed by atoms with Crippen molar-refractivity contribution in [3.63, 3.8) is 0 Å². The van der Waals surface area contributed by atoms with Crippen LogP contribution in [0.3, 0.4) is 0 Å². The molecule has 7 heteroatoms. The SMILES string of the molecule is COc1ncccc1-c1cnc2ccc(N/C(N)=C/C(=C\N)C(C)C)nc2c1. The Labute approximate surface area is 164 Å². The predicted molar refractivity (Wildman–Crippen MR) is 112 cm³/mol. The smallest absolute Gasteiger partial charge is 0.221 e. The Bertz CT molecular complexity index is 1040. The van der Waals surface area contributed by atoms with E-state index in [0.717, 1.165) is 27.7 Å². The molecule has 0 bridgehead atoms. The number of hydrogen-bond donors (Lipinski definition) is 3. The third kappa shape index (κ3) is 4.20. The first-order valence-corrected chi connectivity index (χ1v) is 8.94. The largest absolute Gasteiger partial charge is 0.481 e. The summed E-state index contributed by atoms with van der Waals surface area (Å²) in [6, 6.07) is 9.47. The van der Waals surface area contributed by atoms with Crippen molar-refractivity contribution in [3.8, 4) is 17.0 Å². The number of fused-ring (bicyclic) bond motifs is 1. The zero-order chi connectivity index (χ0) is 20.1. The molecule has 0 aliphatic carbocycles. The highest BCUT2D eigenvalue weighted by Crippen LogP contribution is 2.29. The summed E-state index contributed by atoms with van der Waals surface area (Å²) in [6.45, 7) is 4.10. The average Bonchev–Trinajstić information content (AvgIpc) is 2.71. The zero-order valence-electron chi connectivity index (χ0n) is 16.2. The molecule has 3 rings (SSSR count). The van der Waals surface area contributed by atoms with Crippen molar-refractivity contribution in [2.45, 2.75) is 13.8 Å². The Morgan fingerprint density at radius 2 is 2.00 bits per heavy atom. The Kier molecular flexibility index (Phi) is 5.74. The average molecular weight is 376 g/mol. The number of methoxy groups -OCH3 is 1. The molecule has 0 saturated carbocycles. The van der Waals surface area contributed by atoms with Crippen LogP contribution in [0.5, 0.6) is 5.88 Å². The molecule has 0 fully saturated rings. The minimum absolute atomic E-state index is 0.274. The van der Waals surface area contributed by atoms with E-state index in [9.17, 15) is 0 Å². The maximum atomic E-state index is 6.10. The van der Waals surface area contributed by atoms with Crippen molar-refractivity contribution in [1.29, 1.82) is 0 Å². The first-order valence-electron chi connectivity index (χ1n) is 8.94. The molecular weight excluding hydrogens is 352 g/mol. The highest BCUT2D eigenvalue weighted by Gasteiger charge is 2.09. The van der Waals surface area contributed by atoms with Crippen LogP contribution in [0, 0.1) is 5.92 Å². The molecule has 0 aliphatic heterocycles. The zero-order valence-corrected chi connectivity index (χ0v) is 16.2. The van der Waals surface area contributed by atoms with Gasteiger partial charge in [0.05, 0.1) is 18.1 Å². The lowest BCUT2D eigenvalue weighted by atomic mass is 10.0. The molecule has 0 aromatic carbocycles. The van der Waals surface area contributed by atoms with Gasteiger partial charge in [0.25, 0.3) is 0 Å². The van der Waals surface area contributed by atoms with Crippen molar-refractivity contribution in [2.75, 3.05) is 12.4 Å². The van der Waals surface area contributed by atoms with Gasteiger partial charge in [-0.15, -0.1) is 0 Å². The number of rotatable bonds is 6. The van der Waals surface area contributed by atoms with Gasteiger partial charge in [0.1, 0.15) is 11.6 Å². The molecule has 3 heterocycles.